The predicted molar refractivity (Wildman–Crippen MR) is 67.7 cm³/mol. The fourth-order valence-corrected chi connectivity index (χ4v) is 1.74. The number of hydrogen-bond acceptors (Lipinski definition) is 1. The summed E-state index contributed by atoms with van der Waals surface area (Å²) < 4.78 is 0. The molecular weight excluding hydrogens is 198 g/mol. The molecule has 0 atom stereocenters. The molecule has 0 fully saturated rings. The van der Waals surface area contributed by atoms with Gasteiger partial charge in [-0.25, -0.2) is 0 Å². The van der Waals surface area contributed by atoms with Crippen molar-refractivity contribution < 1.29 is 4.79 Å². The lowest BCUT2D eigenvalue weighted by molar-refractivity contribution is 0.0764. The van der Waals surface area contributed by atoms with Crippen LogP contribution in [-0.2, 0) is 6.42 Å². The first-order chi connectivity index (χ1) is 7.72. The van der Waals surface area contributed by atoms with Crippen molar-refractivity contribution >= 4 is 5.91 Å². The van der Waals surface area contributed by atoms with Gasteiger partial charge in [-0.3, -0.25) is 4.79 Å². The molecule has 2 heteroatoms. The molecule has 0 aromatic heterocycles. The molecule has 0 radical (unpaired) electrons. The third-order valence-corrected chi connectivity index (χ3v) is 2.77. The monoisotopic (exact) mass is 219 g/mol. The van der Waals surface area contributed by atoms with E-state index in [1.807, 2.05) is 36.1 Å². The van der Waals surface area contributed by atoms with Crippen molar-refractivity contribution in [2.45, 2.75) is 33.6 Å². The number of nitrogens with zero attached hydrogens (tertiary/aromatic N) is 1. The highest BCUT2D eigenvalue weighted by Gasteiger charge is 2.12. The van der Waals surface area contributed by atoms with E-state index < -0.39 is 0 Å². The number of amides is 1. The third-order valence-electron chi connectivity index (χ3n) is 2.77. The summed E-state index contributed by atoms with van der Waals surface area (Å²) in [7, 11) is 0. The van der Waals surface area contributed by atoms with Gasteiger partial charge in [0.2, 0.25) is 0 Å². The van der Waals surface area contributed by atoms with Gasteiger partial charge in [0.15, 0.2) is 0 Å². The van der Waals surface area contributed by atoms with Crippen LogP contribution in [0.4, 0.5) is 0 Å². The zero-order valence-electron chi connectivity index (χ0n) is 10.5. The van der Waals surface area contributed by atoms with E-state index in [2.05, 4.69) is 13.8 Å². The van der Waals surface area contributed by atoms with Crippen LogP contribution >= 0.6 is 0 Å². The van der Waals surface area contributed by atoms with Crippen LogP contribution in [-0.4, -0.2) is 23.9 Å². The second-order valence-corrected chi connectivity index (χ2v) is 3.94. The molecular formula is C14H21NO. The first-order valence-corrected chi connectivity index (χ1v) is 6.11. The quantitative estimate of drug-likeness (QED) is 0.745. The summed E-state index contributed by atoms with van der Waals surface area (Å²) in [5, 5.41) is 0. The van der Waals surface area contributed by atoms with E-state index >= 15 is 0 Å². The Morgan fingerprint density at radius 2 is 1.75 bits per heavy atom. The van der Waals surface area contributed by atoms with Gasteiger partial charge >= 0.3 is 0 Å². The highest BCUT2D eigenvalue weighted by atomic mass is 16.2. The summed E-state index contributed by atoms with van der Waals surface area (Å²) in [6.45, 7) is 7.85. The third kappa shape index (κ3) is 3.09. The Hall–Kier alpha value is -1.31. The van der Waals surface area contributed by atoms with Gasteiger partial charge < -0.3 is 4.90 Å². The van der Waals surface area contributed by atoms with Gasteiger partial charge in [0.25, 0.3) is 5.91 Å². The fourth-order valence-electron chi connectivity index (χ4n) is 1.74. The molecule has 0 bridgehead atoms. The molecule has 1 rings (SSSR count). The number of hydrogen-bond donors (Lipinski definition) is 0. The van der Waals surface area contributed by atoms with Crippen LogP contribution in [0.3, 0.4) is 0 Å². The number of benzene rings is 1. The molecule has 0 spiro atoms. The predicted octanol–water partition coefficient (Wildman–Crippen LogP) is 3.12. The minimum absolute atomic E-state index is 0.145. The highest BCUT2D eigenvalue weighted by Crippen LogP contribution is 2.08. The number of carbonyl (C=O) groups is 1. The van der Waals surface area contributed by atoms with Crippen LogP contribution in [0, 0.1) is 0 Å². The molecule has 0 saturated carbocycles. The molecule has 0 aliphatic rings. The lowest BCUT2D eigenvalue weighted by atomic mass is 10.1. The van der Waals surface area contributed by atoms with E-state index in [4.69, 9.17) is 0 Å². The van der Waals surface area contributed by atoms with Crippen LogP contribution < -0.4 is 0 Å². The van der Waals surface area contributed by atoms with Crippen molar-refractivity contribution in [2.24, 2.45) is 0 Å². The van der Waals surface area contributed by atoms with E-state index in [0.29, 0.717) is 0 Å². The molecule has 0 heterocycles. The summed E-state index contributed by atoms with van der Waals surface area (Å²) in [5.41, 5.74) is 2.07. The molecule has 0 unspecified atom stereocenters. The summed E-state index contributed by atoms with van der Waals surface area (Å²) in [4.78, 5) is 14.0. The summed E-state index contributed by atoms with van der Waals surface area (Å²) in [5.74, 6) is 0.145. The molecule has 1 aromatic carbocycles. The second-order valence-electron chi connectivity index (χ2n) is 3.94. The van der Waals surface area contributed by atoms with Gasteiger partial charge in [0, 0.05) is 18.7 Å². The Balaban J connectivity index is 2.78. The van der Waals surface area contributed by atoms with Gasteiger partial charge in [-0.2, -0.15) is 0 Å². The fraction of sp³-hybridized carbons (Fsp3) is 0.500. The van der Waals surface area contributed by atoms with Crippen LogP contribution in [0.5, 0.6) is 0 Å². The molecule has 0 aliphatic carbocycles. The topological polar surface area (TPSA) is 20.3 Å². The molecule has 1 aromatic rings. The van der Waals surface area contributed by atoms with Crippen LogP contribution in [0.1, 0.15) is 43.1 Å². The SMILES string of the molecule is CCCN(CC)C(=O)c1ccc(CC)cc1. The first kappa shape index (κ1) is 12.8. The smallest absolute Gasteiger partial charge is 0.253 e. The minimum Gasteiger partial charge on any atom is -0.339 e. The molecule has 0 saturated heterocycles. The Bertz CT molecular complexity index is 329. The Morgan fingerprint density at radius 1 is 1.12 bits per heavy atom. The standard InChI is InChI=1S/C14H21NO/c1-4-11-15(6-3)14(16)13-9-7-12(5-2)8-10-13/h7-10H,4-6,11H2,1-3H3. The van der Waals surface area contributed by atoms with E-state index in [-0.39, 0.29) is 5.91 Å². The van der Waals surface area contributed by atoms with Crippen molar-refractivity contribution in [2.75, 3.05) is 13.1 Å². The summed E-state index contributed by atoms with van der Waals surface area (Å²) in [6.07, 6.45) is 2.02. The first-order valence-electron chi connectivity index (χ1n) is 6.11. The van der Waals surface area contributed by atoms with Crippen molar-refractivity contribution in [3.63, 3.8) is 0 Å². The minimum atomic E-state index is 0.145. The van der Waals surface area contributed by atoms with Crippen molar-refractivity contribution in [3.8, 4) is 0 Å². The van der Waals surface area contributed by atoms with Gasteiger partial charge in [0.05, 0.1) is 0 Å². The maximum atomic E-state index is 12.1. The summed E-state index contributed by atoms with van der Waals surface area (Å²) in [6, 6.07) is 7.93. The van der Waals surface area contributed by atoms with E-state index in [1.54, 1.807) is 0 Å². The maximum Gasteiger partial charge on any atom is 0.253 e. The molecule has 88 valence electrons. The van der Waals surface area contributed by atoms with E-state index in [0.717, 1.165) is 31.5 Å². The van der Waals surface area contributed by atoms with Crippen LogP contribution in [0.25, 0.3) is 0 Å². The van der Waals surface area contributed by atoms with Crippen molar-refractivity contribution in [1.82, 2.24) is 4.90 Å². The van der Waals surface area contributed by atoms with E-state index in [9.17, 15) is 4.79 Å². The lowest BCUT2D eigenvalue weighted by Gasteiger charge is -2.20. The Kier molecular flexibility index (Phi) is 5.03. The van der Waals surface area contributed by atoms with Gasteiger partial charge in [-0.15, -0.1) is 0 Å². The van der Waals surface area contributed by atoms with Gasteiger partial charge in [-0.1, -0.05) is 26.0 Å². The molecule has 1 amide bonds. The zero-order valence-corrected chi connectivity index (χ0v) is 10.5. The van der Waals surface area contributed by atoms with Crippen molar-refractivity contribution in [1.29, 1.82) is 0 Å². The molecule has 16 heavy (non-hydrogen) atoms. The van der Waals surface area contributed by atoms with Crippen LogP contribution in [0.15, 0.2) is 24.3 Å². The summed E-state index contributed by atoms with van der Waals surface area (Å²) >= 11 is 0. The van der Waals surface area contributed by atoms with E-state index in [1.165, 1.54) is 5.56 Å². The normalized spacial score (nSPS) is 10.2. The number of carbonyl (C=O) groups excluding carboxylic acids is 1. The average Bonchev–Trinajstić information content (AvgIpc) is 2.35. The Labute approximate surface area is 98.3 Å². The van der Waals surface area contributed by atoms with Crippen LogP contribution in [0.2, 0.25) is 0 Å². The second kappa shape index (κ2) is 6.31. The zero-order chi connectivity index (χ0) is 12.0. The molecule has 2 nitrogen and oxygen atoms in total. The maximum absolute atomic E-state index is 12.1. The lowest BCUT2D eigenvalue weighted by Crippen LogP contribution is -2.31. The Morgan fingerprint density at radius 3 is 2.19 bits per heavy atom. The highest BCUT2D eigenvalue weighted by molar-refractivity contribution is 5.94. The number of aryl methyl sites for hydroxylation is 1. The largest absolute Gasteiger partial charge is 0.339 e. The molecule has 0 N–H and O–H groups in total. The van der Waals surface area contributed by atoms with Crippen molar-refractivity contribution in [3.05, 3.63) is 35.4 Å². The van der Waals surface area contributed by atoms with Gasteiger partial charge in [-0.05, 0) is 37.5 Å². The molecule has 0 aliphatic heterocycles. The van der Waals surface area contributed by atoms with Gasteiger partial charge in [0.1, 0.15) is 0 Å². The average molecular weight is 219 g/mol. The number of rotatable bonds is 5.